The Hall–Kier alpha value is -1.14. The topological polar surface area (TPSA) is 45.7 Å². The van der Waals surface area contributed by atoms with Crippen LogP contribution in [0.2, 0.25) is 0 Å². The molecule has 6 heteroatoms. The molecule has 0 bridgehead atoms. The first-order valence-corrected chi connectivity index (χ1v) is 8.75. The number of likely N-dealkylation sites (tertiary alicyclic amines) is 1. The molecule has 2 unspecified atom stereocenters. The first-order chi connectivity index (χ1) is 10.3. The summed E-state index contributed by atoms with van der Waals surface area (Å²) >= 11 is 1.69. The van der Waals surface area contributed by atoms with Gasteiger partial charge in [-0.15, -0.1) is 11.3 Å². The Morgan fingerprint density at radius 1 is 1.55 bits per heavy atom. The average Bonchev–Trinajstić information content (AvgIpc) is 2.98. The van der Waals surface area contributed by atoms with Gasteiger partial charge in [-0.3, -0.25) is 4.90 Å². The summed E-state index contributed by atoms with van der Waals surface area (Å²) < 4.78 is 5.48. The van der Waals surface area contributed by atoms with Crippen LogP contribution in [0.4, 0.5) is 4.79 Å². The highest BCUT2D eigenvalue weighted by Gasteiger charge is 2.31. The van der Waals surface area contributed by atoms with Crippen molar-refractivity contribution in [3.05, 3.63) is 16.6 Å². The predicted octanol–water partition coefficient (Wildman–Crippen LogP) is 3.54. The van der Waals surface area contributed by atoms with Crippen LogP contribution in [0, 0.1) is 0 Å². The van der Waals surface area contributed by atoms with Gasteiger partial charge in [0.2, 0.25) is 0 Å². The zero-order chi connectivity index (χ0) is 16.3. The highest BCUT2D eigenvalue weighted by molar-refractivity contribution is 7.09. The van der Waals surface area contributed by atoms with Crippen LogP contribution < -0.4 is 0 Å². The van der Waals surface area contributed by atoms with Gasteiger partial charge in [-0.1, -0.05) is 0 Å². The molecular weight excluding hydrogens is 298 g/mol. The summed E-state index contributed by atoms with van der Waals surface area (Å²) in [6, 6.07) is 0.501. The van der Waals surface area contributed by atoms with Gasteiger partial charge in [0.05, 0.1) is 6.04 Å². The van der Waals surface area contributed by atoms with Crippen LogP contribution in [0.5, 0.6) is 0 Å². The van der Waals surface area contributed by atoms with Crippen molar-refractivity contribution in [2.45, 2.75) is 58.2 Å². The number of carbonyl (C=O) groups is 1. The van der Waals surface area contributed by atoms with E-state index >= 15 is 0 Å². The maximum atomic E-state index is 12.2. The molecule has 22 heavy (non-hydrogen) atoms. The maximum Gasteiger partial charge on any atom is 0.410 e. The van der Waals surface area contributed by atoms with Gasteiger partial charge in [-0.25, -0.2) is 9.78 Å². The van der Waals surface area contributed by atoms with E-state index in [1.165, 1.54) is 0 Å². The molecule has 1 aromatic heterocycles. The van der Waals surface area contributed by atoms with Crippen molar-refractivity contribution in [3.63, 3.8) is 0 Å². The second kappa shape index (κ2) is 6.96. The Morgan fingerprint density at radius 3 is 2.86 bits per heavy atom. The number of hydrogen-bond acceptors (Lipinski definition) is 5. The number of rotatable bonds is 3. The van der Waals surface area contributed by atoms with Crippen molar-refractivity contribution in [1.29, 1.82) is 0 Å². The molecule has 124 valence electrons. The molecular formula is C16H27N3O2S. The third kappa shape index (κ3) is 4.43. The highest BCUT2D eigenvalue weighted by atomic mass is 32.1. The van der Waals surface area contributed by atoms with Crippen LogP contribution in [-0.4, -0.2) is 52.7 Å². The monoisotopic (exact) mass is 325 g/mol. The smallest absolute Gasteiger partial charge is 0.410 e. The molecule has 2 rings (SSSR count). The van der Waals surface area contributed by atoms with E-state index < -0.39 is 5.60 Å². The SMILES string of the molecule is CC(c1nccs1)N1CCCC(N(C)C(=O)OC(C)(C)C)C1. The van der Waals surface area contributed by atoms with E-state index in [1.807, 2.05) is 39.4 Å². The van der Waals surface area contributed by atoms with Crippen molar-refractivity contribution in [2.75, 3.05) is 20.1 Å². The molecule has 2 atom stereocenters. The number of amides is 1. The number of likely N-dealkylation sites (N-methyl/N-ethyl adjacent to an activating group) is 1. The molecule has 0 spiro atoms. The van der Waals surface area contributed by atoms with Crippen LogP contribution in [-0.2, 0) is 4.74 Å². The van der Waals surface area contributed by atoms with Crippen molar-refractivity contribution in [3.8, 4) is 0 Å². The quantitative estimate of drug-likeness (QED) is 0.853. The summed E-state index contributed by atoms with van der Waals surface area (Å²) in [4.78, 5) is 20.8. The Kier molecular flexibility index (Phi) is 5.45. The van der Waals surface area contributed by atoms with E-state index in [9.17, 15) is 4.79 Å². The van der Waals surface area contributed by atoms with Crippen molar-refractivity contribution in [2.24, 2.45) is 0 Å². The number of ether oxygens (including phenoxy) is 1. The minimum absolute atomic E-state index is 0.200. The predicted molar refractivity (Wildman–Crippen MR) is 89.1 cm³/mol. The van der Waals surface area contributed by atoms with E-state index in [-0.39, 0.29) is 12.1 Å². The summed E-state index contributed by atoms with van der Waals surface area (Å²) in [5, 5.41) is 3.15. The molecule has 1 amide bonds. The van der Waals surface area contributed by atoms with Crippen LogP contribution in [0.25, 0.3) is 0 Å². The Bertz CT molecular complexity index is 484. The van der Waals surface area contributed by atoms with Crippen molar-refractivity contribution < 1.29 is 9.53 Å². The van der Waals surface area contributed by atoms with E-state index in [4.69, 9.17) is 4.74 Å². The lowest BCUT2D eigenvalue weighted by Crippen LogP contribution is -2.50. The van der Waals surface area contributed by atoms with Crippen LogP contribution in [0.15, 0.2) is 11.6 Å². The fraction of sp³-hybridized carbons (Fsp3) is 0.750. The van der Waals surface area contributed by atoms with Crippen LogP contribution >= 0.6 is 11.3 Å². The van der Waals surface area contributed by atoms with Crippen molar-refractivity contribution in [1.82, 2.24) is 14.8 Å². The fourth-order valence-electron chi connectivity index (χ4n) is 2.73. The molecule has 1 aromatic rings. The molecule has 0 N–H and O–H groups in total. The van der Waals surface area contributed by atoms with Gasteiger partial charge in [-0.2, -0.15) is 0 Å². The number of thiazole rings is 1. The molecule has 1 fully saturated rings. The third-order valence-electron chi connectivity index (χ3n) is 4.01. The Labute approximate surface area is 137 Å². The average molecular weight is 325 g/mol. The summed E-state index contributed by atoms with van der Waals surface area (Å²) in [5.41, 5.74) is -0.451. The normalized spacial score (nSPS) is 21.4. The lowest BCUT2D eigenvalue weighted by molar-refractivity contribution is 0.0105. The minimum Gasteiger partial charge on any atom is -0.444 e. The minimum atomic E-state index is -0.451. The molecule has 1 aliphatic heterocycles. The first-order valence-electron chi connectivity index (χ1n) is 7.87. The summed E-state index contributed by atoms with van der Waals surface area (Å²) in [6.07, 6.45) is 3.73. The van der Waals surface area contributed by atoms with Gasteiger partial charge in [0.25, 0.3) is 0 Å². The number of aromatic nitrogens is 1. The first kappa shape index (κ1) is 17.2. The van der Waals surface area contributed by atoms with Crippen LogP contribution in [0.1, 0.15) is 51.6 Å². The molecule has 0 aliphatic carbocycles. The van der Waals surface area contributed by atoms with Gasteiger partial charge in [-0.05, 0) is 47.1 Å². The summed E-state index contributed by atoms with van der Waals surface area (Å²) in [5.74, 6) is 0. The van der Waals surface area contributed by atoms with Gasteiger partial charge in [0, 0.05) is 31.2 Å². The number of hydrogen-bond donors (Lipinski definition) is 0. The summed E-state index contributed by atoms with van der Waals surface area (Å²) in [6.45, 7) is 9.81. The Balaban J connectivity index is 1.96. The summed E-state index contributed by atoms with van der Waals surface area (Å²) in [7, 11) is 1.84. The van der Waals surface area contributed by atoms with Gasteiger partial charge in [0.15, 0.2) is 0 Å². The number of nitrogens with zero attached hydrogens (tertiary/aromatic N) is 3. The van der Waals surface area contributed by atoms with Crippen molar-refractivity contribution >= 4 is 17.4 Å². The van der Waals surface area contributed by atoms with E-state index in [0.29, 0.717) is 6.04 Å². The molecule has 2 heterocycles. The highest BCUT2D eigenvalue weighted by Crippen LogP contribution is 2.27. The number of piperidine rings is 1. The van der Waals surface area contributed by atoms with E-state index in [1.54, 1.807) is 16.2 Å². The molecule has 0 aromatic carbocycles. The molecule has 0 radical (unpaired) electrons. The zero-order valence-corrected chi connectivity index (χ0v) is 15.0. The van der Waals surface area contributed by atoms with Gasteiger partial charge in [0.1, 0.15) is 10.6 Å². The molecule has 0 saturated carbocycles. The lowest BCUT2D eigenvalue weighted by atomic mass is 10.0. The number of carbonyl (C=O) groups excluding carboxylic acids is 1. The second-order valence-corrected chi connectivity index (χ2v) is 7.85. The zero-order valence-electron chi connectivity index (χ0n) is 14.2. The van der Waals surface area contributed by atoms with Gasteiger partial charge >= 0.3 is 6.09 Å². The Morgan fingerprint density at radius 2 is 2.27 bits per heavy atom. The molecule has 1 aliphatic rings. The largest absolute Gasteiger partial charge is 0.444 e. The fourth-order valence-corrected chi connectivity index (χ4v) is 3.46. The molecule has 5 nitrogen and oxygen atoms in total. The third-order valence-corrected chi connectivity index (χ3v) is 4.96. The van der Waals surface area contributed by atoms with Crippen LogP contribution in [0.3, 0.4) is 0 Å². The van der Waals surface area contributed by atoms with E-state index in [2.05, 4.69) is 16.8 Å². The maximum absolute atomic E-state index is 12.2. The van der Waals surface area contributed by atoms with Gasteiger partial charge < -0.3 is 9.64 Å². The second-order valence-electron chi connectivity index (χ2n) is 6.93. The molecule has 1 saturated heterocycles. The van der Waals surface area contributed by atoms with E-state index in [0.717, 1.165) is 30.9 Å². The lowest BCUT2D eigenvalue weighted by Gasteiger charge is -2.40. The standard InChI is InChI=1S/C16H27N3O2S/c1-12(14-17-8-10-22-14)19-9-6-7-13(11-19)18(5)15(20)21-16(2,3)4/h8,10,12-13H,6-7,9,11H2,1-5H3.